The van der Waals surface area contributed by atoms with E-state index in [2.05, 4.69) is 16.7 Å². The summed E-state index contributed by atoms with van der Waals surface area (Å²) in [6, 6.07) is 25.5. The summed E-state index contributed by atoms with van der Waals surface area (Å²) >= 11 is 0. The molecule has 0 aliphatic carbocycles. The average Bonchev–Trinajstić information content (AvgIpc) is 2.69. The zero-order valence-corrected chi connectivity index (χ0v) is 14.0. The van der Waals surface area contributed by atoms with Gasteiger partial charge in [-0.3, -0.25) is 0 Å². The van der Waals surface area contributed by atoms with Gasteiger partial charge in [0.15, 0.2) is 0 Å². The molecule has 0 saturated carbocycles. The molecule has 0 saturated heterocycles. The van der Waals surface area contributed by atoms with Crippen molar-refractivity contribution in [3.8, 4) is 17.6 Å². The fraction of sp³-hybridized carbons (Fsp3) is 0.0476. The summed E-state index contributed by atoms with van der Waals surface area (Å²) in [4.78, 5) is 12.0. The number of hydrogen-bond donors (Lipinski definition) is 2. The van der Waals surface area contributed by atoms with Crippen LogP contribution in [0.4, 0.5) is 10.5 Å². The van der Waals surface area contributed by atoms with Gasteiger partial charge in [0.25, 0.3) is 0 Å². The Morgan fingerprint density at radius 2 is 1.65 bits per heavy atom. The van der Waals surface area contributed by atoms with Crippen molar-refractivity contribution in [1.82, 2.24) is 5.32 Å². The number of nitrogens with zero attached hydrogens (tertiary/aromatic N) is 1. The SMILES string of the molecule is N#Cc1cccc(CNC(=O)Nc2ccc(Oc3ccccc3)cc2)c1. The number of urea groups is 1. The number of nitrogens with one attached hydrogen (secondary N) is 2. The first-order chi connectivity index (χ1) is 12.7. The minimum Gasteiger partial charge on any atom is -0.457 e. The molecule has 0 heterocycles. The number of benzene rings is 3. The van der Waals surface area contributed by atoms with Crippen LogP contribution in [0.2, 0.25) is 0 Å². The van der Waals surface area contributed by atoms with Crippen LogP contribution < -0.4 is 15.4 Å². The van der Waals surface area contributed by atoms with Gasteiger partial charge in [-0.05, 0) is 54.1 Å². The highest BCUT2D eigenvalue weighted by atomic mass is 16.5. The molecule has 0 atom stereocenters. The lowest BCUT2D eigenvalue weighted by Gasteiger charge is -2.09. The average molecular weight is 343 g/mol. The van der Waals surface area contributed by atoms with Crippen molar-refractivity contribution in [3.05, 3.63) is 90.0 Å². The largest absolute Gasteiger partial charge is 0.457 e. The van der Waals surface area contributed by atoms with E-state index in [-0.39, 0.29) is 6.03 Å². The number of anilines is 1. The molecular formula is C21H17N3O2. The van der Waals surface area contributed by atoms with E-state index < -0.39 is 0 Å². The van der Waals surface area contributed by atoms with Crippen LogP contribution in [0, 0.1) is 11.3 Å². The topological polar surface area (TPSA) is 74.2 Å². The van der Waals surface area contributed by atoms with E-state index in [1.807, 2.05) is 36.4 Å². The molecule has 5 nitrogen and oxygen atoms in total. The predicted molar refractivity (Wildman–Crippen MR) is 100.0 cm³/mol. The summed E-state index contributed by atoms with van der Waals surface area (Å²) in [5.41, 5.74) is 2.10. The molecule has 2 amide bonds. The van der Waals surface area contributed by atoms with Crippen LogP contribution in [-0.4, -0.2) is 6.03 Å². The number of ether oxygens (including phenoxy) is 1. The highest BCUT2D eigenvalue weighted by molar-refractivity contribution is 5.89. The standard InChI is InChI=1S/C21H17N3O2/c22-14-16-5-4-6-17(13-16)15-23-21(25)24-18-9-11-20(12-10-18)26-19-7-2-1-3-8-19/h1-13H,15H2,(H2,23,24,25). The quantitative estimate of drug-likeness (QED) is 0.707. The number of nitriles is 1. The van der Waals surface area contributed by atoms with Crippen molar-refractivity contribution < 1.29 is 9.53 Å². The van der Waals surface area contributed by atoms with Crippen molar-refractivity contribution in [2.75, 3.05) is 5.32 Å². The molecule has 0 aliphatic rings. The molecule has 3 aromatic rings. The van der Waals surface area contributed by atoms with E-state index in [9.17, 15) is 4.79 Å². The number of amides is 2. The maximum absolute atomic E-state index is 12.0. The molecule has 0 unspecified atom stereocenters. The van der Waals surface area contributed by atoms with Gasteiger partial charge in [0.1, 0.15) is 11.5 Å². The van der Waals surface area contributed by atoms with Crippen LogP contribution >= 0.6 is 0 Å². The van der Waals surface area contributed by atoms with Crippen LogP contribution in [0.25, 0.3) is 0 Å². The first-order valence-corrected chi connectivity index (χ1v) is 8.10. The minimum absolute atomic E-state index is 0.316. The van der Waals surface area contributed by atoms with E-state index in [1.165, 1.54) is 0 Å². The Morgan fingerprint density at radius 1 is 0.923 bits per heavy atom. The van der Waals surface area contributed by atoms with E-state index >= 15 is 0 Å². The second kappa shape index (κ2) is 8.36. The zero-order chi connectivity index (χ0) is 18.2. The molecule has 2 N–H and O–H groups in total. The third-order valence-corrected chi connectivity index (χ3v) is 3.60. The Balaban J connectivity index is 1.52. The number of para-hydroxylation sites is 1. The first kappa shape index (κ1) is 17.1. The molecule has 5 heteroatoms. The monoisotopic (exact) mass is 343 g/mol. The van der Waals surface area contributed by atoms with Gasteiger partial charge >= 0.3 is 6.03 Å². The summed E-state index contributed by atoms with van der Waals surface area (Å²) in [6.07, 6.45) is 0. The molecule has 0 radical (unpaired) electrons. The zero-order valence-electron chi connectivity index (χ0n) is 14.0. The second-order valence-electron chi connectivity index (χ2n) is 5.56. The van der Waals surface area contributed by atoms with Crippen LogP contribution in [0.3, 0.4) is 0 Å². The summed E-state index contributed by atoms with van der Waals surface area (Å²) in [7, 11) is 0. The van der Waals surface area contributed by atoms with Gasteiger partial charge in [-0.25, -0.2) is 4.79 Å². The third-order valence-electron chi connectivity index (χ3n) is 3.60. The van der Waals surface area contributed by atoms with Crippen molar-refractivity contribution >= 4 is 11.7 Å². The minimum atomic E-state index is -0.316. The van der Waals surface area contributed by atoms with E-state index in [0.29, 0.717) is 23.5 Å². The fourth-order valence-electron chi connectivity index (χ4n) is 2.34. The number of carbonyl (C=O) groups is 1. The Bertz CT molecular complexity index is 916. The van der Waals surface area contributed by atoms with Crippen LogP contribution in [-0.2, 0) is 6.54 Å². The fourth-order valence-corrected chi connectivity index (χ4v) is 2.34. The molecule has 26 heavy (non-hydrogen) atoms. The molecular weight excluding hydrogens is 326 g/mol. The molecule has 0 spiro atoms. The second-order valence-corrected chi connectivity index (χ2v) is 5.56. The van der Waals surface area contributed by atoms with Gasteiger partial charge in [0.05, 0.1) is 11.6 Å². The summed E-state index contributed by atoms with van der Waals surface area (Å²) in [5, 5.41) is 14.4. The molecule has 0 aromatic heterocycles. The van der Waals surface area contributed by atoms with Crippen molar-refractivity contribution in [2.45, 2.75) is 6.54 Å². The van der Waals surface area contributed by atoms with Gasteiger partial charge in [-0.1, -0.05) is 30.3 Å². The van der Waals surface area contributed by atoms with Crippen molar-refractivity contribution in [2.24, 2.45) is 0 Å². The summed E-state index contributed by atoms with van der Waals surface area (Å²) < 4.78 is 5.71. The van der Waals surface area contributed by atoms with Crippen molar-refractivity contribution in [3.63, 3.8) is 0 Å². The lowest BCUT2D eigenvalue weighted by Crippen LogP contribution is -2.28. The molecule has 3 aromatic carbocycles. The van der Waals surface area contributed by atoms with Gasteiger partial charge < -0.3 is 15.4 Å². The highest BCUT2D eigenvalue weighted by Crippen LogP contribution is 2.22. The van der Waals surface area contributed by atoms with Crippen LogP contribution in [0.1, 0.15) is 11.1 Å². The van der Waals surface area contributed by atoms with Crippen LogP contribution in [0.5, 0.6) is 11.5 Å². The third kappa shape index (κ3) is 4.86. The van der Waals surface area contributed by atoms with Crippen LogP contribution in [0.15, 0.2) is 78.9 Å². The van der Waals surface area contributed by atoms with Gasteiger partial charge in [-0.15, -0.1) is 0 Å². The van der Waals surface area contributed by atoms with E-state index in [0.717, 1.165) is 11.3 Å². The lowest BCUT2D eigenvalue weighted by atomic mass is 10.1. The Morgan fingerprint density at radius 3 is 2.38 bits per heavy atom. The summed E-state index contributed by atoms with van der Waals surface area (Å²) in [6.45, 7) is 0.344. The Hall–Kier alpha value is -3.78. The highest BCUT2D eigenvalue weighted by Gasteiger charge is 2.03. The number of carbonyl (C=O) groups excluding carboxylic acids is 1. The van der Waals surface area contributed by atoms with Gasteiger partial charge in [-0.2, -0.15) is 5.26 Å². The number of rotatable bonds is 5. The molecule has 0 bridgehead atoms. The maximum Gasteiger partial charge on any atom is 0.319 e. The van der Waals surface area contributed by atoms with Crippen molar-refractivity contribution in [1.29, 1.82) is 5.26 Å². The summed E-state index contributed by atoms with van der Waals surface area (Å²) in [5.74, 6) is 1.45. The van der Waals surface area contributed by atoms with E-state index in [1.54, 1.807) is 42.5 Å². The molecule has 3 rings (SSSR count). The number of hydrogen-bond acceptors (Lipinski definition) is 3. The Kier molecular flexibility index (Phi) is 5.48. The first-order valence-electron chi connectivity index (χ1n) is 8.10. The molecule has 0 aliphatic heterocycles. The molecule has 128 valence electrons. The lowest BCUT2D eigenvalue weighted by molar-refractivity contribution is 0.251. The Labute approximate surface area is 151 Å². The van der Waals surface area contributed by atoms with Gasteiger partial charge in [0.2, 0.25) is 0 Å². The molecule has 0 fully saturated rings. The maximum atomic E-state index is 12.0. The van der Waals surface area contributed by atoms with Gasteiger partial charge in [0, 0.05) is 12.2 Å². The smallest absolute Gasteiger partial charge is 0.319 e. The van der Waals surface area contributed by atoms with E-state index in [4.69, 9.17) is 10.00 Å². The predicted octanol–water partition coefficient (Wildman–Crippen LogP) is 4.67. The normalized spacial score (nSPS) is 9.81.